The Kier molecular flexibility index (Phi) is 3.88. The molecule has 3 atom stereocenters. The van der Waals surface area contributed by atoms with Crippen LogP contribution in [0.3, 0.4) is 0 Å². The largest absolute Gasteiger partial charge is 0.436 e. The number of carbonyl (C=O) groups excluding carboxylic acids is 1. The number of piperidine rings is 2. The molecule has 0 radical (unpaired) electrons. The van der Waals surface area contributed by atoms with E-state index in [1.807, 2.05) is 6.92 Å². The maximum Gasteiger partial charge on any atom is 0.289 e. The van der Waals surface area contributed by atoms with Gasteiger partial charge in [0.15, 0.2) is 5.89 Å². The molecule has 1 amide bonds. The van der Waals surface area contributed by atoms with Crippen molar-refractivity contribution in [2.45, 2.75) is 25.3 Å². The summed E-state index contributed by atoms with van der Waals surface area (Å²) in [5.41, 5.74) is 1.90. The standard InChI is InChI=1S/C21H26N4O2/c1-14-18(27-15(2)22-14)20(26)23-19-16-10-24-8-9-25(11-16)13-21(19,12-24)17-6-4-3-5-7-17/h3-7,16,19H,8-13H2,1-2H3,(H,23,26)/t16?,19-,21?/m0/s1. The van der Waals surface area contributed by atoms with E-state index in [4.69, 9.17) is 4.42 Å². The van der Waals surface area contributed by atoms with Crippen LogP contribution in [-0.2, 0) is 5.41 Å². The van der Waals surface area contributed by atoms with Gasteiger partial charge >= 0.3 is 0 Å². The van der Waals surface area contributed by atoms with Crippen LogP contribution in [0.1, 0.15) is 27.7 Å². The zero-order valence-electron chi connectivity index (χ0n) is 15.9. The number of aromatic nitrogens is 1. The summed E-state index contributed by atoms with van der Waals surface area (Å²) in [7, 11) is 0. The molecule has 27 heavy (non-hydrogen) atoms. The van der Waals surface area contributed by atoms with Crippen LogP contribution in [0.4, 0.5) is 0 Å². The number of aryl methyl sites for hydroxylation is 2. The van der Waals surface area contributed by atoms with Gasteiger partial charge in [-0.25, -0.2) is 4.98 Å². The van der Waals surface area contributed by atoms with E-state index in [1.54, 1.807) is 6.92 Å². The highest BCUT2D eigenvalue weighted by Gasteiger charge is 2.55. The molecule has 4 aliphatic rings. The molecule has 0 aliphatic carbocycles. The maximum atomic E-state index is 13.1. The van der Waals surface area contributed by atoms with E-state index in [1.165, 1.54) is 5.56 Å². The van der Waals surface area contributed by atoms with Crippen molar-refractivity contribution in [2.24, 2.45) is 5.92 Å². The summed E-state index contributed by atoms with van der Waals surface area (Å²) in [6, 6.07) is 10.8. The van der Waals surface area contributed by atoms with Gasteiger partial charge in [-0.15, -0.1) is 0 Å². The number of hydrogen-bond acceptors (Lipinski definition) is 5. The minimum atomic E-state index is -0.135. The van der Waals surface area contributed by atoms with Crippen molar-refractivity contribution in [1.82, 2.24) is 20.1 Å². The summed E-state index contributed by atoms with van der Waals surface area (Å²) in [4.78, 5) is 22.5. The molecule has 6 nitrogen and oxygen atoms in total. The first-order valence-corrected chi connectivity index (χ1v) is 9.80. The Hall–Kier alpha value is -2.18. The lowest BCUT2D eigenvalue weighted by molar-refractivity contribution is 0.0174. The van der Waals surface area contributed by atoms with Crippen molar-refractivity contribution in [3.8, 4) is 0 Å². The van der Waals surface area contributed by atoms with Crippen molar-refractivity contribution < 1.29 is 9.21 Å². The fraction of sp³-hybridized carbons (Fsp3) is 0.524. The quantitative estimate of drug-likeness (QED) is 0.894. The number of rotatable bonds is 3. The number of carbonyl (C=O) groups is 1. The monoisotopic (exact) mass is 366 g/mol. The molecule has 0 spiro atoms. The van der Waals surface area contributed by atoms with Crippen molar-refractivity contribution >= 4 is 5.91 Å². The molecule has 4 bridgehead atoms. The van der Waals surface area contributed by atoms with Crippen molar-refractivity contribution in [3.63, 3.8) is 0 Å². The normalized spacial score (nSPS) is 34.4. The molecule has 5 heterocycles. The highest BCUT2D eigenvalue weighted by atomic mass is 16.4. The van der Waals surface area contributed by atoms with E-state index in [-0.39, 0.29) is 17.4 Å². The van der Waals surface area contributed by atoms with Crippen LogP contribution in [0.15, 0.2) is 34.7 Å². The van der Waals surface area contributed by atoms with Gasteiger partial charge in [-0.1, -0.05) is 30.3 Å². The summed E-state index contributed by atoms with van der Waals surface area (Å²) < 4.78 is 5.59. The number of nitrogens with zero attached hydrogens (tertiary/aromatic N) is 3. The van der Waals surface area contributed by atoms with Gasteiger partial charge in [0.1, 0.15) is 0 Å². The second kappa shape index (κ2) is 6.17. The number of oxazole rings is 1. The van der Waals surface area contributed by atoms with Gasteiger partial charge in [0.05, 0.1) is 5.69 Å². The molecule has 1 aromatic carbocycles. The highest BCUT2D eigenvalue weighted by molar-refractivity contribution is 5.92. The first-order valence-electron chi connectivity index (χ1n) is 9.80. The predicted octanol–water partition coefficient (Wildman–Crippen LogP) is 1.59. The van der Waals surface area contributed by atoms with Crippen LogP contribution in [0.5, 0.6) is 0 Å². The van der Waals surface area contributed by atoms with Crippen LogP contribution in [0.2, 0.25) is 0 Å². The predicted molar refractivity (Wildman–Crippen MR) is 102 cm³/mol. The molecule has 142 valence electrons. The molecule has 0 saturated carbocycles. The minimum Gasteiger partial charge on any atom is -0.436 e. The Morgan fingerprint density at radius 3 is 2.41 bits per heavy atom. The van der Waals surface area contributed by atoms with E-state index >= 15 is 0 Å². The second-order valence-electron chi connectivity index (χ2n) is 8.35. The lowest BCUT2D eigenvalue weighted by Gasteiger charge is -2.55. The maximum absolute atomic E-state index is 13.1. The Balaban J connectivity index is 1.53. The van der Waals surface area contributed by atoms with Gasteiger partial charge in [0.2, 0.25) is 5.76 Å². The second-order valence-corrected chi connectivity index (χ2v) is 8.35. The number of benzene rings is 1. The van der Waals surface area contributed by atoms with E-state index in [9.17, 15) is 4.79 Å². The molecule has 4 aliphatic heterocycles. The Morgan fingerprint density at radius 1 is 1.15 bits per heavy atom. The van der Waals surface area contributed by atoms with Crippen molar-refractivity contribution in [2.75, 3.05) is 39.3 Å². The average molecular weight is 366 g/mol. The zero-order chi connectivity index (χ0) is 18.6. The van der Waals surface area contributed by atoms with Crippen LogP contribution in [0, 0.1) is 19.8 Å². The molecule has 4 saturated heterocycles. The summed E-state index contributed by atoms with van der Waals surface area (Å²) in [5.74, 6) is 1.17. The Labute approximate surface area is 159 Å². The first kappa shape index (κ1) is 17.0. The lowest BCUT2D eigenvalue weighted by atomic mass is 9.64. The lowest BCUT2D eigenvalue weighted by Crippen LogP contribution is -2.70. The third-order valence-corrected chi connectivity index (χ3v) is 6.54. The summed E-state index contributed by atoms with van der Waals surface area (Å²) in [6.45, 7) is 9.92. The van der Waals surface area contributed by atoms with Gasteiger partial charge in [-0.2, -0.15) is 0 Å². The molecular weight excluding hydrogens is 340 g/mol. The molecule has 4 fully saturated rings. The zero-order valence-corrected chi connectivity index (χ0v) is 15.9. The van der Waals surface area contributed by atoms with E-state index < -0.39 is 0 Å². The molecule has 6 heteroatoms. The summed E-state index contributed by atoms with van der Waals surface area (Å²) >= 11 is 0. The molecule has 2 unspecified atom stereocenters. The number of nitrogens with one attached hydrogen (secondary N) is 1. The Bertz CT molecular complexity index is 846. The third-order valence-electron chi connectivity index (χ3n) is 6.54. The first-order chi connectivity index (χ1) is 13.0. The van der Waals surface area contributed by atoms with E-state index in [0.29, 0.717) is 23.3 Å². The van der Waals surface area contributed by atoms with Gasteiger partial charge in [-0.3, -0.25) is 4.79 Å². The third kappa shape index (κ3) is 2.70. The van der Waals surface area contributed by atoms with Crippen LogP contribution in [0.25, 0.3) is 0 Å². The molecule has 1 aromatic heterocycles. The molecule has 6 rings (SSSR count). The van der Waals surface area contributed by atoms with Gasteiger partial charge in [0, 0.05) is 63.6 Å². The van der Waals surface area contributed by atoms with Crippen LogP contribution < -0.4 is 5.32 Å². The fourth-order valence-corrected chi connectivity index (χ4v) is 5.52. The fourth-order valence-electron chi connectivity index (χ4n) is 5.52. The van der Waals surface area contributed by atoms with Crippen LogP contribution in [-0.4, -0.2) is 66.0 Å². The van der Waals surface area contributed by atoms with Crippen molar-refractivity contribution in [3.05, 3.63) is 53.2 Å². The van der Waals surface area contributed by atoms with Crippen LogP contribution >= 0.6 is 0 Å². The summed E-state index contributed by atoms with van der Waals surface area (Å²) in [6.07, 6.45) is 0. The highest BCUT2D eigenvalue weighted by Crippen LogP contribution is 2.43. The summed E-state index contributed by atoms with van der Waals surface area (Å²) in [5, 5.41) is 3.37. The number of hydrogen-bond donors (Lipinski definition) is 1. The topological polar surface area (TPSA) is 61.6 Å². The van der Waals surface area contributed by atoms with E-state index in [2.05, 4.69) is 50.4 Å². The SMILES string of the molecule is Cc1nc(C)c(C(=O)N[C@H]2C3CN4CCN(C3)CC2(c2ccccc2)C4)o1. The average Bonchev–Trinajstić information content (AvgIpc) is 2.82. The molecule has 1 N–H and O–H groups in total. The molecule has 2 aromatic rings. The van der Waals surface area contributed by atoms with Gasteiger partial charge < -0.3 is 19.5 Å². The minimum absolute atomic E-state index is 0.0858. The van der Waals surface area contributed by atoms with Gasteiger partial charge in [0.25, 0.3) is 5.91 Å². The smallest absolute Gasteiger partial charge is 0.289 e. The Morgan fingerprint density at radius 2 is 1.81 bits per heavy atom. The number of amides is 1. The van der Waals surface area contributed by atoms with Crippen molar-refractivity contribution in [1.29, 1.82) is 0 Å². The molecular formula is C21H26N4O2. The van der Waals surface area contributed by atoms with E-state index in [0.717, 1.165) is 39.3 Å². The van der Waals surface area contributed by atoms with Gasteiger partial charge in [-0.05, 0) is 12.5 Å². The number of fused-ring (bicyclic) bond motifs is 1.